The summed E-state index contributed by atoms with van der Waals surface area (Å²) >= 11 is 1.30. The van der Waals surface area contributed by atoms with Crippen LogP contribution < -0.4 is 10.2 Å². The van der Waals surface area contributed by atoms with Crippen molar-refractivity contribution in [2.75, 3.05) is 22.5 Å². The number of carbonyl (C=O) groups excluding carboxylic acids is 2. The summed E-state index contributed by atoms with van der Waals surface area (Å²) in [7, 11) is 0. The molecular formula is C22H22N6O2S. The Morgan fingerprint density at radius 3 is 2.90 bits per heavy atom. The molecule has 1 aromatic carbocycles. The van der Waals surface area contributed by atoms with E-state index in [0.29, 0.717) is 36.2 Å². The molecule has 31 heavy (non-hydrogen) atoms. The van der Waals surface area contributed by atoms with Crippen LogP contribution in [0.2, 0.25) is 0 Å². The number of nitrogens with zero attached hydrogens (tertiary/aromatic N) is 5. The molecule has 2 aromatic heterocycles. The largest absolute Gasteiger partial charge is 0.325 e. The van der Waals surface area contributed by atoms with Gasteiger partial charge in [0.2, 0.25) is 11.8 Å². The molecule has 8 nitrogen and oxygen atoms in total. The first-order valence-corrected chi connectivity index (χ1v) is 10.9. The van der Waals surface area contributed by atoms with Gasteiger partial charge >= 0.3 is 0 Å². The monoisotopic (exact) mass is 434 g/mol. The number of benzene rings is 1. The van der Waals surface area contributed by atoms with Gasteiger partial charge in [-0.15, -0.1) is 16.8 Å². The third kappa shape index (κ3) is 4.83. The minimum atomic E-state index is -0.161. The van der Waals surface area contributed by atoms with Gasteiger partial charge in [-0.3, -0.25) is 19.1 Å². The Morgan fingerprint density at radius 1 is 1.26 bits per heavy atom. The summed E-state index contributed by atoms with van der Waals surface area (Å²) in [6.07, 6.45) is 6.62. The molecule has 158 valence electrons. The number of nitrogens with one attached hydrogen (secondary N) is 1. The third-order valence-electron chi connectivity index (χ3n) is 4.80. The second-order valence-corrected chi connectivity index (χ2v) is 7.93. The average Bonchev–Trinajstić information content (AvgIpc) is 3.39. The molecule has 0 saturated carbocycles. The van der Waals surface area contributed by atoms with Crippen molar-refractivity contribution in [2.45, 2.75) is 24.5 Å². The lowest BCUT2D eigenvalue weighted by atomic mass is 10.2. The van der Waals surface area contributed by atoms with Crippen molar-refractivity contribution >= 4 is 35.0 Å². The number of allylic oxidation sites excluding steroid dienone is 1. The molecule has 2 amide bonds. The minimum Gasteiger partial charge on any atom is -0.325 e. The van der Waals surface area contributed by atoms with Gasteiger partial charge in [-0.1, -0.05) is 23.9 Å². The van der Waals surface area contributed by atoms with Crippen molar-refractivity contribution in [3.8, 4) is 11.4 Å². The summed E-state index contributed by atoms with van der Waals surface area (Å²) in [6.45, 7) is 5.03. The van der Waals surface area contributed by atoms with Crippen LogP contribution in [0.15, 0.2) is 66.6 Å². The summed E-state index contributed by atoms with van der Waals surface area (Å²) in [5.41, 5.74) is 2.31. The van der Waals surface area contributed by atoms with Gasteiger partial charge in [0.15, 0.2) is 11.0 Å². The highest BCUT2D eigenvalue weighted by Gasteiger charge is 2.22. The number of anilines is 2. The van der Waals surface area contributed by atoms with Gasteiger partial charge in [0, 0.05) is 48.8 Å². The molecule has 0 spiro atoms. The Bertz CT molecular complexity index is 1100. The van der Waals surface area contributed by atoms with Gasteiger partial charge in [0.1, 0.15) is 0 Å². The Labute approximate surface area is 184 Å². The predicted octanol–water partition coefficient (Wildman–Crippen LogP) is 3.38. The van der Waals surface area contributed by atoms with Gasteiger partial charge in [-0.25, -0.2) is 0 Å². The van der Waals surface area contributed by atoms with Crippen LogP contribution in [-0.2, 0) is 16.1 Å². The number of hydrogen-bond donors (Lipinski definition) is 1. The van der Waals surface area contributed by atoms with E-state index in [1.165, 1.54) is 11.8 Å². The molecule has 4 rings (SSSR count). The molecule has 0 atom stereocenters. The van der Waals surface area contributed by atoms with E-state index in [0.717, 1.165) is 17.7 Å². The van der Waals surface area contributed by atoms with E-state index < -0.39 is 0 Å². The Morgan fingerprint density at radius 2 is 2.16 bits per heavy atom. The number of pyridine rings is 1. The summed E-state index contributed by atoms with van der Waals surface area (Å²) in [4.78, 5) is 30.4. The average molecular weight is 435 g/mol. The highest BCUT2D eigenvalue weighted by molar-refractivity contribution is 7.99. The quantitative estimate of drug-likeness (QED) is 0.432. The molecule has 1 saturated heterocycles. The van der Waals surface area contributed by atoms with Crippen molar-refractivity contribution in [1.82, 2.24) is 19.7 Å². The summed E-state index contributed by atoms with van der Waals surface area (Å²) in [5, 5.41) is 12.0. The second kappa shape index (κ2) is 9.57. The lowest BCUT2D eigenvalue weighted by Crippen LogP contribution is -2.23. The molecule has 9 heteroatoms. The van der Waals surface area contributed by atoms with E-state index in [9.17, 15) is 9.59 Å². The first-order chi connectivity index (χ1) is 15.2. The van der Waals surface area contributed by atoms with Crippen LogP contribution in [0.25, 0.3) is 11.4 Å². The first kappa shape index (κ1) is 20.8. The van der Waals surface area contributed by atoms with Gasteiger partial charge in [0.05, 0.1) is 5.75 Å². The zero-order chi connectivity index (χ0) is 21.6. The van der Waals surface area contributed by atoms with Crippen LogP contribution in [0, 0.1) is 0 Å². The fourth-order valence-corrected chi connectivity index (χ4v) is 4.15. The zero-order valence-corrected chi connectivity index (χ0v) is 17.7. The Balaban J connectivity index is 1.42. The highest BCUT2D eigenvalue weighted by Crippen LogP contribution is 2.26. The third-order valence-corrected chi connectivity index (χ3v) is 5.76. The highest BCUT2D eigenvalue weighted by atomic mass is 32.2. The molecular weight excluding hydrogens is 412 g/mol. The number of amides is 2. The number of rotatable bonds is 8. The second-order valence-electron chi connectivity index (χ2n) is 6.98. The van der Waals surface area contributed by atoms with E-state index >= 15 is 0 Å². The lowest BCUT2D eigenvalue weighted by Gasteiger charge is -2.16. The fourth-order valence-electron chi connectivity index (χ4n) is 3.40. The summed E-state index contributed by atoms with van der Waals surface area (Å²) in [6, 6.07) is 11.1. The van der Waals surface area contributed by atoms with Gasteiger partial charge in [-0.05, 0) is 36.8 Å². The maximum atomic E-state index is 12.5. The van der Waals surface area contributed by atoms with E-state index in [1.54, 1.807) is 23.4 Å². The van der Waals surface area contributed by atoms with Crippen LogP contribution in [0.5, 0.6) is 0 Å². The molecule has 0 aliphatic carbocycles. The van der Waals surface area contributed by atoms with Crippen molar-refractivity contribution in [3.05, 3.63) is 61.4 Å². The van der Waals surface area contributed by atoms with E-state index in [4.69, 9.17) is 0 Å². The number of thioether (sulfide) groups is 1. The van der Waals surface area contributed by atoms with Crippen molar-refractivity contribution in [2.24, 2.45) is 0 Å². The van der Waals surface area contributed by atoms with Gasteiger partial charge in [-0.2, -0.15) is 0 Å². The minimum absolute atomic E-state index is 0.116. The SMILES string of the molecule is C=CCn1c(SCC(=O)Nc2cccc(N3CCCC3=O)c2)nnc1-c1cccnc1. The molecule has 1 N–H and O–H groups in total. The zero-order valence-electron chi connectivity index (χ0n) is 16.9. The van der Waals surface area contributed by atoms with Gasteiger partial charge < -0.3 is 10.2 Å². The normalized spacial score (nSPS) is 13.4. The molecule has 1 fully saturated rings. The lowest BCUT2D eigenvalue weighted by molar-refractivity contribution is -0.117. The molecule has 1 aliphatic rings. The molecule has 1 aliphatic heterocycles. The van der Waals surface area contributed by atoms with Crippen LogP contribution in [0.1, 0.15) is 12.8 Å². The predicted molar refractivity (Wildman–Crippen MR) is 121 cm³/mol. The fraction of sp³-hybridized carbons (Fsp3) is 0.227. The van der Waals surface area contributed by atoms with Crippen LogP contribution in [0.4, 0.5) is 11.4 Å². The maximum absolute atomic E-state index is 12.5. The first-order valence-electron chi connectivity index (χ1n) is 9.93. The van der Waals surface area contributed by atoms with Crippen LogP contribution in [-0.4, -0.2) is 43.9 Å². The van der Waals surface area contributed by atoms with E-state index in [2.05, 4.69) is 27.1 Å². The van der Waals surface area contributed by atoms with Crippen molar-refractivity contribution < 1.29 is 9.59 Å². The molecule has 0 unspecified atom stereocenters. The van der Waals surface area contributed by atoms with Crippen molar-refractivity contribution in [1.29, 1.82) is 0 Å². The topological polar surface area (TPSA) is 93.0 Å². The summed E-state index contributed by atoms with van der Waals surface area (Å²) in [5.74, 6) is 0.810. The smallest absolute Gasteiger partial charge is 0.234 e. The number of aromatic nitrogens is 4. The Hall–Kier alpha value is -3.46. The molecule has 3 aromatic rings. The Kier molecular flexibility index (Phi) is 6.42. The van der Waals surface area contributed by atoms with Crippen LogP contribution in [0.3, 0.4) is 0 Å². The number of hydrogen-bond acceptors (Lipinski definition) is 6. The van der Waals surface area contributed by atoms with E-state index in [-0.39, 0.29) is 17.6 Å². The molecule has 0 bridgehead atoms. The standard InChI is InChI=1S/C22H22N6O2S/c1-2-11-28-21(16-6-4-10-23-14-16)25-26-22(28)31-15-19(29)24-17-7-3-8-18(13-17)27-12-5-9-20(27)30/h2-4,6-8,10,13-14H,1,5,9,11-12,15H2,(H,24,29). The molecule has 0 radical (unpaired) electrons. The van der Waals surface area contributed by atoms with Gasteiger partial charge in [0.25, 0.3) is 0 Å². The number of carbonyl (C=O) groups is 2. The van der Waals surface area contributed by atoms with E-state index in [1.807, 2.05) is 41.0 Å². The van der Waals surface area contributed by atoms with Crippen molar-refractivity contribution in [3.63, 3.8) is 0 Å². The van der Waals surface area contributed by atoms with Crippen LogP contribution >= 0.6 is 11.8 Å². The summed E-state index contributed by atoms with van der Waals surface area (Å²) < 4.78 is 1.90. The molecule has 3 heterocycles. The maximum Gasteiger partial charge on any atom is 0.234 e.